The zero-order valence-electron chi connectivity index (χ0n) is 11.1. The van der Waals surface area contributed by atoms with E-state index in [4.69, 9.17) is 11.5 Å². The summed E-state index contributed by atoms with van der Waals surface area (Å²) in [5.74, 6) is 2.32. The van der Waals surface area contributed by atoms with Gasteiger partial charge < -0.3 is 16.4 Å². The van der Waals surface area contributed by atoms with Gasteiger partial charge in [-0.3, -0.25) is 4.79 Å². The largest absolute Gasteiger partial charge is 0.382 e. The van der Waals surface area contributed by atoms with Gasteiger partial charge in [0.05, 0.1) is 0 Å². The van der Waals surface area contributed by atoms with Crippen molar-refractivity contribution in [3.8, 4) is 0 Å². The molecule has 19 heavy (non-hydrogen) atoms. The van der Waals surface area contributed by atoms with Crippen molar-refractivity contribution in [2.75, 3.05) is 24.2 Å². The first kappa shape index (κ1) is 12.7. The minimum absolute atomic E-state index is 0.257. The van der Waals surface area contributed by atoms with Crippen LogP contribution in [0, 0.1) is 17.8 Å². The van der Waals surface area contributed by atoms with Crippen molar-refractivity contribution in [2.45, 2.75) is 25.7 Å². The molecule has 2 aliphatic rings. The fraction of sp³-hybridized carbons (Fsp3) is 0.692. The van der Waals surface area contributed by atoms with Crippen molar-refractivity contribution in [3.05, 3.63) is 5.56 Å². The summed E-state index contributed by atoms with van der Waals surface area (Å²) >= 11 is 1.27. The number of amides is 1. The molecule has 2 fully saturated rings. The number of fused-ring (bicyclic) bond motifs is 2. The van der Waals surface area contributed by atoms with E-state index in [9.17, 15) is 4.79 Å². The normalized spacial score (nSPS) is 28.8. The SMILES string of the molecule is CN(CC1CC2CCC1C2)c1snc(N)c1C(N)=O. The van der Waals surface area contributed by atoms with Crippen LogP contribution in [-0.2, 0) is 0 Å². The van der Waals surface area contributed by atoms with E-state index in [1.54, 1.807) is 0 Å². The third-order valence-electron chi connectivity index (χ3n) is 4.69. The summed E-state index contributed by atoms with van der Waals surface area (Å²) in [6.45, 7) is 0.975. The number of hydrogen-bond acceptors (Lipinski definition) is 5. The molecule has 1 heterocycles. The van der Waals surface area contributed by atoms with Gasteiger partial charge in [-0.2, -0.15) is 4.37 Å². The average Bonchev–Trinajstić information content (AvgIpc) is 3.02. The van der Waals surface area contributed by atoms with E-state index in [-0.39, 0.29) is 5.82 Å². The Morgan fingerprint density at radius 1 is 1.47 bits per heavy atom. The van der Waals surface area contributed by atoms with Gasteiger partial charge in [0.25, 0.3) is 5.91 Å². The van der Waals surface area contributed by atoms with E-state index in [1.165, 1.54) is 37.2 Å². The van der Waals surface area contributed by atoms with Gasteiger partial charge in [-0.25, -0.2) is 0 Å². The lowest BCUT2D eigenvalue weighted by Gasteiger charge is -2.27. The summed E-state index contributed by atoms with van der Waals surface area (Å²) < 4.78 is 4.06. The fourth-order valence-corrected chi connectivity index (χ4v) is 4.61. The molecule has 2 bridgehead atoms. The molecule has 0 saturated heterocycles. The molecule has 0 spiro atoms. The quantitative estimate of drug-likeness (QED) is 0.879. The van der Waals surface area contributed by atoms with Crippen LogP contribution in [0.2, 0.25) is 0 Å². The maximum absolute atomic E-state index is 11.5. The third kappa shape index (κ3) is 2.18. The highest BCUT2D eigenvalue weighted by molar-refractivity contribution is 7.11. The van der Waals surface area contributed by atoms with Crippen LogP contribution in [0.25, 0.3) is 0 Å². The predicted octanol–water partition coefficient (Wildman–Crippen LogP) is 1.70. The Kier molecular flexibility index (Phi) is 3.12. The molecule has 3 rings (SSSR count). The van der Waals surface area contributed by atoms with Gasteiger partial charge in [0.1, 0.15) is 10.6 Å². The summed E-state index contributed by atoms with van der Waals surface area (Å²) in [5.41, 5.74) is 11.5. The van der Waals surface area contributed by atoms with E-state index in [1.807, 2.05) is 7.05 Å². The van der Waals surface area contributed by atoms with Gasteiger partial charge in [0.2, 0.25) is 0 Å². The van der Waals surface area contributed by atoms with Crippen LogP contribution in [-0.4, -0.2) is 23.9 Å². The van der Waals surface area contributed by atoms with E-state index < -0.39 is 5.91 Å². The van der Waals surface area contributed by atoms with Gasteiger partial charge in [-0.05, 0) is 48.5 Å². The number of nitrogen functional groups attached to an aromatic ring is 1. The van der Waals surface area contributed by atoms with Crippen LogP contribution in [0.1, 0.15) is 36.0 Å². The lowest BCUT2D eigenvalue weighted by atomic mass is 9.88. The Bertz CT molecular complexity index is 501. The van der Waals surface area contributed by atoms with Crippen LogP contribution in [0.3, 0.4) is 0 Å². The van der Waals surface area contributed by atoms with Crippen molar-refractivity contribution in [2.24, 2.45) is 23.5 Å². The van der Waals surface area contributed by atoms with Crippen molar-refractivity contribution < 1.29 is 4.79 Å². The zero-order valence-corrected chi connectivity index (χ0v) is 11.9. The number of nitrogens with zero attached hydrogens (tertiary/aromatic N) is 2. The predicted molar refractivity (Wildman–Crippen MR) is 77.3 cm³/mol. The topological polar surface area (TPSA) is 85.2 Å². The van der Waals surface area contributed by atoms with E-state index in [0.29, 0.717) is 5.56 Å². The number of primary amides is 1. The lowest BCUT2D eigenvalue weighted by Crippen LogP contribution is -2.29. The van der Waals surface area contributed by atoms with Crippen LogP contribution in [0.5, 0.6) is 0 Å². The summed E-state index contributed by atoms with van der Waals surface area (Å²) in [5, 5.41) is 0.813. The second kappa shape index (κ2) is 4.67. The van der Waals surface area contributed by atoms with Gasteiger partial charge >= 0.3 is 0 Å². The van der Waals surface area contributed by atoms with Crippen LogP contribution in [0.4, 0.5) is 10.8 Å². The van der Waals surface area contributed by atoms with Crippen LogP contribution in [0.15, 0.2) is 0 Å². The van der Waals surface area contributed by atoms with Crippen molar-refractivity contribution >= 4 is 28.3 Å². The highest BCUT2D eigenvalue weighted by atomic mass is 32.1. The second-order valence-electron chi connectivity index (χ2n) is 5.93. The zero-order chi connectivity index (χ0) is 13.6. The highest BCUT2D eigenvalue weighted by Gasteiger charge is 2.40. The van der Waals surface area contributed by atoms with E-state index in [0.717, 1.165) is 29.3 Å². The summed E-state index contributed by atoms with van der Waals surface area (Å²) in [6.07, 6.45) is 5.50. The molecule has 2 saturated carbocycles. The standard InChI is InChI=1S/C13H20N4OS/c1-17(6-9-5-7-2-3-8(9)4-7)13-10(12(15)18)11(14)16-19-13/h7-9H,2-6H2,1H3,(H2,14,16)(H2,15,18). The number of nitrogens with two attached hydrogens (primary N) is 2. The first-order chi connectivity index (χ1) is 9.06. The van der Waals surface area contributed by atoms with Crippen molar-refractivity contribution in [3.63, 3.8) is 0 Å². The summed E-state index contributed by atoms with van der Waals surface area (Å²) in [7, 11) is 2.01. The Labute approximate surface area is 117 Å². The van der Waals surface area contributed by atoms with Gasteiger partial charge in [-0.15, -0.1) is 0 Å². The Morgan fingerprint density at radius 3 is 2.84 bits per heavy atom. The second-order valence-corrected chi connectivity index (χ2v) is 6.68. The minimum atomic E-state index is -0.485. The van der Waals surface area contributed by atoms with E-state index >= 15 is 0 Å². The third-order valence-corrected chi connectivity index (χ3v) is 5.66. The van der Waals surface area contributed by atoms with Crippen molar-refractivity contribution in [1.82, 2.24) is 4.37 Å². The Balaban J connectivity index is 1.74. The molecule has 0 aromatic carbocycles. The maximum Gasteiger partial charge on any atom is 0.255 e. The van der Waals surface area contributed by atoms with Crippen LogP contribution >= 0.6 is 11.5 Å². The van der Waals surface area contributed by atoms with Gasteiger partial charge in [0, 0.05) is 13.6 Å². The minimum Gasteiger partial charge on any atom is -0.382 e. The van der Waals surface area contributed by atoms with Crippen LogP contribution < -0.4 is 16.4 Å². The molecular formula is C13H20N4OS. The molecular weight excluding hydrogens is 260 g/mol. The summed E-state index contributed by atoms with van der Waals surface area (Å²) in [4.78, 5) is 13.6. The smallest absolute Gasteiger partial charge is 0.255 e. The molecule has 1 amide bonds. The molecule has 3 unspecified atom stereocenters. The molecule has 1 aromatic heterocycles. The number of aromatic nitrogens is 1. The number of rotatable bonds is 4. The molecule has 2 aliphatic carbocycles. The number of hydrogen-bond donors (Lipinski definition) is 2. The molecule has 1 aromatic rings. The number of carbonyl (C=O) groups excluding carboxylic acids is 1. The first-order valence-electron chi connectivity index (χ1n) is 6.82. The highest BCUT2D eigenvalue weighted by Crippen LogP contribution is 2.48. The van der Waals surface area contributed by atoms with Gasteiger partial charge in [0.15, 0.2) is 5.82 Å². The molecule has 5 nitrogen and oxygen atoms in total. The maximum atomic E-state index is 11.5. The molecule has 6 heteroatoms. The monoisotopic (exact) mass is 280 g/mol. The van der Waals surface area contributed by atoms with Crippen molar-refractivity contribution in [1.29, 1.82) is 0 Å². The lowest BCUT2D eigenvalue weighted by molar-refractivity contribution is 0.100. The molecule has 3 atom stereocenters. The first-order valence-corrected chi connectivity index (χ1v) is 7.59. The molecule has 0 radical (unpaired) electrons. The number of carbonyl (C=O) groups is 1. The summed E-state index contributed by atoms with van der Waals surface area (Å²) in [6, 6.07) is 0. The fourth-order valence-electron chi connectivity index (χ4n) is 3.82. The van der Waals surface area contributed by atoms with E-state index in [2.05, 4.69) is 9.27 Å². The van der Waals surface area contributed by atoms with Gasteiger partial charge in [-0.1, -0.05) is 6.42 Å². The Morgan fingerprint density at radius 2 is 2.26 bits per heavy atom. The molecule has 0 aliphatic heterocycles. The Hall–Kier alpha value is -1.30. The number of anilines is 2. The molecule has 4 N–H and O–H groups in total. The average molecular weight is 280 g/mol. The molecule has 104 valence electrons.